The fourth-order valence-electron chi connectivity index (χ4n) is 2.59. The van der Waals surface area contributed by atoms with E-state index >= 15 is 0 Å². The highest BCUT2D eigenvalue weighted by Crippen LogP contribution is 2.46. The van der Waals surface area contributed by atoms with Crippen LogP contribution in [0.15, 0.2) is 0 Å². The van der Waals surface area contributed by atoms with E-state index in [1.165, 1.54) is 6.92 Å². The zero-order chi connectivity index (χ0) is 9.59. The number of aliphatic hydroxyl groups excluding tert-OH is 2. The van der Waals surface area contributed by atoms with Gasteiger partial charge in [0.1, 0.15) is 6.10 Å². The number of carbonyl (C=O) groups excluding carboxylic acids is 1. The molecule has 5 atom stereocenters. The molecule has 2 rings (SSSR count). The molecule has 0 aromatic rings. The Kier molecular flexibility index (Phi) is 2.04. The molecule has 2 aliphatic rings. The number of ether oxygens (including phenoxy) is 1. The van der Waals surface area contributed by atoms with Crippen molar-refractivity contribution in [2.75, 3.05) is 0 Å². The summed E-state index contributed by atoms with van der Waals surface area (Å²) in [4.78, 5) is 10.7. The summed E-state index contributed by atoms with van der Waals surface area (Å²) in [5.74, 6) is -0.243. The predicted octanol–water partition coefficient (Wildman–Crippen LogP) is -0.320. The summed E-state index contributed by atoms with van der Waals surface area (Å²) >= 11 is 0. The molecule has 74 valence electrons. The maximum absolute atomic E-state index is 10.7. The number of hydrogen-bond acceptors (Lipinski definition) is 4. The summed E-state index contributed by atoms with van der Waals surface area (Å²) in [6.45, 7) is 1.37. The molecule has 2 aliphatic carbocycles. The smallest absolute Gasteiger partial charge is 0.302 e. The molecular formula is C9H14O4. The van der Waals surface area contributed by atoms with E-state index in [1.54, 1.807) is 0 Å². The number of hydrogen-bond donors (Lipinski definition) is 2. The third kappa shape index (κ3) is 1.34. The molecule has 13 heavy (non-hydrogen) atoms. The van der Waals surface area contributed by atoms with Crippen molar-refractivity contribution in [2.24, 2.45) is 11.8 Å². The van der Waals surface area contributed by atoms with Crippen LogP contribution in [0.25, 0.3) is 0 Å². The molecule has 2 saturated carbocycles. The van der Waals surface area contributed by atoms with Crippen LogP contribution in [0.3, 0.4) is 0 Å². The third-order valence-electron chi connectivity index (χ3n) is 3.18. The molecular weight excluding hydrogens is 172 g/mol. The van der Waals surface area contributed by atoms with E-state index in [4.69, 9.17) is 4.74 Å². The zero-order valence-electron chi connectivity index (χ0n) is 7.51. The predicted molar refractivity (Wildman–Crippen MR) is 43.8 cm³/mol. The number of aliphatic hydroxyl groups is 2. The quantitative estimate of drug-likeness (QED) is 0.551. The van der Waals surface area contributed by atoms with Crippen molar-refractivity contribution in [1.29, 1.82) is 0 Å². The normalized spacial score (nSPS) is 48.1. The lowest BCUT2D eigenvalue weighted by Gasteiger charge is -2.28. The highest BCUT2D eigenvalue weighted by molar-refractivity contribution is 5.66. The molecule has 1 unspecified atom stereocenters. The van der Waals surface area contributed by atoms with Crippen molar-refractivity contribution in [3.05, 3.63) is 0 Å². The highest BCUT2D eigenvalue weighted by atomic mass is 16.5. The first-order valence-electron chi connectivity index (χ1n) is 4.63. The Labute approximate surface area is 76.5 Å². The van der Waals surface area contributed by atoms with Crippen LogP contribution in [0.2, 0.25) is 0 Å². The van der Waals surface area contributed by atoms with Crippen LogP contribution in [0.1, 0.15) is 19.8 Å². The van der Waals surface area contributed by atoms with Crippen LogP contribution in [-0.2, 0) is 9.53 Å². The Morgan fingerprint density at radius 1 is 1.31 bits per heavy atom. The molecule has 0 radical (unpaired) electrons. The molecule has 0 spiro atoms. The Balaban J connectivity index is 2.02. The second-order valence-corrected chi connectivity index (χ2v) is 4.02. The molecule has 0 amide bonds. The monoisotopic (exact) mass is 186 g/mol. The van der Waals surface area contributed by atoms with Gasteiger partial charge in [-0.05, 0) is 18.8 Å². The molecule has 4 heteroatoms. The van der Waals surface area contributed by atoms with E-state index in [0.717, 1.165) is 6.42 Å². The average molecular weight is 186 g/mol. The first-order valence-corrected chi connectivity index (χ1v) is 4.63. The third-order valence-corrected chi connectivity index (χ3v) is 3.18. The van der Waals surface area contributed by atoms with E-state index in [-0.39, 0.29) is 23.9 Å². The van der Waals surface area contributed by atoms with Crippen LogP contribution >= 0.6 is 0 Å². The lowest BCUT2D eigenvalue weighted by molar-refractivity contribution is -0.154. The highest BCUT2D eigenvalue weighted by Gasteiger charge is 2.53. The van der Waals surface area contributed by atoms with Crippen molar-refractivity contribution < 1.29 is 19.7 Å². The number of rotatable bonds is 1. The Bertz CT molecular complexity index is 226. The van der Waals surface area contributed by atoms with Gasteiger partial charge in [0.2, 0.25) is 0 Å². The Morgan fingerprint density at radius 3 is 2.46 bits per heavy atom. The number of esters is 1. The van der Waals surface area contributed by atoms with Gasteiger partial charge in [0.05, 0.1) is 12.2 Å². The largest absolute Gasteiger partial charge is 0.462 e. The molecule has 0 aromatic carbocycles. The van der Waals surface area contributed by atoms with E-state index in [2.05, 4.69) is 0 Å². The van der Waals surface area contributed by atoms with Crippen molar-refractivity contribution >= 4 is 5.97 Å². The van der Waals surface area contributed by atoms with E-state index < -0.39 is 12.2 Å². The molecule has 2 bridgehead atoms. The van der Waals surface area contributed by atoms with Gasteiger partial charge in [0, 0.05) is 12.8 Å². The van der Waals surface area contributed by atoms with Gasteiger partial charge in [-0.2, -0.15) is 0 Å². The summed E-state index contributed by atoms with van der Waals surface area (Å²) in [5.41, 5.74) is 0. The lowest BCUT2D eigenvalue weighted by Crippen LogP contribution is -2.40. The number of carbonyl (C=O) groups is 1. The minimum absolute atomic E-state index is 0.0519. The van der Waals surface area contributed by atoms with Gasteiger partial charge in [0.25, 0.3) is 0 Å². The molecule has 2 N–H and O–H groups in total. The first kappa shape index (κ1) is 8.97. The summed E-state index contributed by atoms with van der Waals surface area (Å²) < 4.78 is 5.05. The fraction of sp³-hybridized carbons (Fsp3) is 0.889. The van der Waals surface area contributed by atoms with E-state index in [9.17, 15) is 15.0 Å². The topological polar surface area (TPSA) is 66.8 Å². The van der Waals surface area contributed by atoms with Gasteiger partial charge >= 0.3 is 5.97 Å². The van der Waals surface area contributed by atoms with Gasteiger partial charge in [-0.1, -0.05) is 0 Å². The molecule has 0 aliphatic heterocycles. The van der Waals surface area contributed by atoms with Crippen LogP contribution < -0.4 is 0 Å². The maximum Gasteiger partial charge on any atom is 0.302 e. The van der Waals surface area contributed by atoms with Crippen molar-refractivity contribution in [3.63, 3.8) is 0 Å². The van der Waals surface area contributed by atoms with Gasteiger partial charge in [0.15, 0.2) is 0 Å². The van der Waals surface area contributed by atoms with Gasteiger partial charge in [-0.25, -0.2) is 0 Å². The summed E-state index contributed by atoms with van der Waals surface area (Å²) in [7, 11) is 0. The minimum atomic E-state index is -0.705. The second-order valence-electron chi connectivity index (χ2n) is 4.02. The van der Waals surface area contributed by atoms with E-state index in [0.29, 0.717) is 6.42 Å². The van der Waals surface area contributed by atoms with Crippen molar-refractivity contribution in [1.82, 2.24) is 0 Å². The molecule has 0 heterocycles. The second kappa shape index (κ2) is 2.96. The molecule has 0 saturated heterocycles. The first-order chi connectivity index (χ1) is 6.09. The Morgan fingerprint density at radius 2 is 2.00 bits per heavy atom. The summed E-state index contributed by atoms with van der Waals surface area (Å²) in [5, 5.41) is 19.0. The molecule has 4 nitrogen and oxygen atoms in total. The summed E-state index contributed by atoms with van der Waals surface area (Å²) in [6, 6.07) is 0. The van der Waals surface area contributed by atoms with E-state index in [1.807, 2.05) is 0 Å². The van der Waals surface area contributed by atoms with Gasteiger partial charge < -0.3 is 14.9 Å². The van der Waals surface area contributed by atoms with Crippen LogP contribution in [-0.4, -0.2) is 34.5 Å². The van der Waals surface area contributed by atoms with Gasteiger partial charge in [-0.15, -0.1) is 0 Å². The maximum atomic E-state index is 10.7. The van der Waals surface area contributed by atoms with Crippen molar-refractivity contribution in [2.45, 2.75) is 38.1 Å². The Hall–Kier alpha value is -0.610. The van der Waals surface area contributed by atoms with Crippen LogP contribution in [0, 0.1) is 11.8 Å². The van der Waals surface area contributed by atoms with Gasteiger partial charge in [-0.3, -0.25) is 4.79 Å². The number of fused-ring (bicyclic) bond motifs is 2. The lowest BCUT2D eigenvalue weighted by atomic mass is 9.92. The summed E-state index contributed by atoms with van der Waals surface area (Å²) in [6.07, 6.45) is -0.0243. The van der Waals surface area contributed by atoms with Crippen LogP contribution in [0.4, 0.5) is 0 Å². The molecule has 0 aromatic heterocycles. The average Bonchev–Trinajstić information content (AvgIpc) is 2.53. The van der Waals surface area contributed by atoms with Crippen LogP contribution in [0.5, 0.6) is 0 Å². The van der Waals surface area contributed by atoms with Crippen molar-refractivity contribution in [3.8, 4) is 0 Å². The zero-order valence-corrected chi connectivity index (χ0v) is 7.51. The molecule has 2 fully saturated rings. The minimum Gasteiger partial charge on any atom is -0.462 e. The standard InChI is InChI=1S/C9H14O4/c1-4(10)13-7-3-5-2-6(7)9(12)8(5)11/h5-9,11-12H,2-3H2,1H3/t5-,6+,7?,8-,9+/m0/s1. The SMILES string of the molecule is CC(=O)OC1C[C@@H]2C[C@H]1[C@@H](O)[C@H]2O. The fourth-order valence-corrected chi connectivity index (χ4v) is 2.59.